The van der Waals surface area contributed by atoms with Gasteiger partial charge in [-0.05, 0) is 37.3 Å². The monoisotopic (exact) mass is 367 g/mol. The van der Waals surface area contributed by atoms with Crippen molar-refractivity contribution < 1.29 is 32.5 Å². The molecule has 0 aliphatic carbocycles. The summed E-state index contributed by atoms with van der Waals surface area (Å²) in [5.41, 5.74) is 0.599. The number of nitrogens with one attached hydrogen (secondary N) is 1. The minimum absolute atomic E-state index is 0.131. The Morgan fingerprint density at radius 3 is 2.27 bits per heavy atom. The van der Waals surface area contributed by atoms with E-state index in [2.05, 4.69) is 10.1 Å². The highest BCUT2D eigenvalue weighted by atomic mass is 19.3. The summed E-state index contributed by atoms with van der Waals surface area (Å²) in [4.78, 5) is 12.4. The number of carbonyl (C=O) groups excluding carboxylic acids is 1. The molecule has 140 valence electrons. The van der Waals surface area contributed by atoms with Gasteiger partial charge in [0.25, 0.3) is 5.91 Å². The maximum Gasteiger partial charge on any atom is 0.387 e. The maximum atomic E-state index is 12.5. The number of ether oxygens (including phenoxy) is 4. The van der Waals surface area contributed by atoms with Gasteiger partial charge < -0.3 is 24.3 Å². The van der Waals surface area contributed by atoms with Crippen LogP contribution < -0.4 is 24.3 Å². The Labute approximate surface area is 149 Å². The molecule has 2 aromatic rings. The zero-order valence-electron chi connectivity index (χ0n) is 14.5. The molecule has 0 unspecified atom stereocenters. The van der Waals surface area contributed by atoms with Gasteiger partial charge in [-0.1, -0.05) is 0 Å². The number of hydrogen-bond acceptors (Lipinski definition) is 5. The molecule has 26 heavy (non-hydrogen) atoms. The Morgan fingerprint density at radius 2 is 1.65 bits per heavy atom. The van der Waals surface area contributed by atoms with Crippen molar-refractivity contribution in [1.29, 1.82) is 0 Å². The molecule has 0 saturated carbocycles. The molecule has 1 N–H and O–H groups in total. The molecule has 0 aliphatic rings. The molecular weight excluding hydrogens is 348 g/mol. The smallest absolute Gasteiger partial charge is 0.387 e. The molecule has 2 aromatic carbocycles. The minimum atomic E-state index is -3.01. The van der Waals surface area contributed by atoms with Gasteiger partial charge >= 0.3 is 6.61 Å². The van der Waals surface area contributed by atoms with Crippen LogP contribution >= 0.6 is 0 Å². The fraction of sp³-hybridized carbons (Fsp3) is 0.278. The summed E-state index contributed by atoms with van der Waals surface area (Å²) in [6.07, 6.45) is 0. The topological polar surface area (TPSA) is 66.0 Å². The van der Waals surface area contributed by atoms with E-state index >= 15 is 0 Å². The summed E-state index contributed by atoms with van der Waals surface area (Å²) in [5, 5.41) is 2.61. The van der Waals surface area contributed by atoms with Gasteiger partial charge in [-0.3, -0.25) is 4.79 Å². The van der Waals surface area contributed by atoms with Crippen molar-refractivity contribution in [2.45, 2.75) is 13.5 Å². The predicted octanol–water partition coefficient (Wildman–Crippen LogP) is 3.96. The van der Waals surface area contributed by atoms with E-state index in [0.29, 0.717) is 23.7 Å². The lowest BCUT2D eigenvalue weighted by Crippen LogP contribution is -2.13. The average molecular weight is 367 g/mol. The second-order valence-corrected chi connectivity index (χ2v) is 5.00. The lowest BCUT2D eigenvalue weighted by Gasteiger charge is -2.13. The highest BCUT2D eigenvalue weighted by Crippen LogP contribution is 2.32. The first kappa shape index (κ1) is 19.3. The van der Waals surface area contributed by atoms with Crippen molar-refractivity contribution in [3.05, 3.63) is 42.0 Å². The van der Waals surface area contributed by atoms with E-state index in [1.165, 1.54) is 38.5 Å². The van der Waals surface area contributed by atoms with E-state index in [1.54, 1.807) is 12.1 Å². The molecule has 8 heteroatoms. The number of benzene rings is 2. The largest absolute Gasteiger partial charge is 0.493 e. The van der Waals surface area contributed by atoms with Gasteiger partial charge in [-0.25, -0.2) is 0 Å². The van der Waals surface area contributed by atoms with Crippen LogP contribution in [0.15, 0.2) is 36.4 Å². The summed E-state index contributed by atoms with van der Waals surface area (Å²) < 4.78 is 45.0. The van der Waals surface area contributed by atoms with Crippen molar-refractivity contribution >= 4 is 11.6 Å². The van der Waals surface area contributed by atoms with Crippen molar-refractivity contribution in [1.82, 2.24) is 0 Å². The number of carbonyl (C=O) groups is 1. The van der Waals surface area contributed by atoms with Crippen molar-refractivity contribution in [3.63, 3.8) is 0 Å². The average Bonchev–Trinajstić information content (AvgIpc) is 2.61. The zero-order chi connectivity index (χ0) is 19.1. The summed E-state index contributed by atoms with van der Waals surface area (Å²) in [5.74, 6) is 0.442. The van der Waals surface area contributed by atoms with Crippen LogP contribution in [0.1, 0.15) is 17.3 Å². The number of hydrogen-bond donors (Lipinski definition) is 1. The second kappa shape index (κ2) is 8.89. The van der Waals surface area contributed by atoms with Crippen LogP contribution in [-0.4, -0.2) is 33.3 Å². The lowest BCUT2D eigenvalue weighted by atomic mass is 10.1. The standard InChI is InChI=1S/C18H19F2NO5/c1-4-25-15-9-11(5-7-13(15)23-2)17(22)21-12-6-8-14(24-3)16(10-12)26-18(19)20/h5-10,18H,4H2,1-3H3,(H,21,22). The SMILES string of the molecule is CCOc1cc(C(=O)Nc2ccc(OC)c(OC(F)F)c2)ccc1OC. The van der Waals surface area contributed by atoms with Crippen LogP contribution in [0.2, 0.25) is 0 Å². The molecule has 0 saturated heterocycles. The van der Waals surface area contributed by atoms with Gasteiger partial charge in [0.2, 0.25) is 0 Å². The minimum Gasteiger partial charge on any atom is -0.493 e. The van der Waals surface area contributed by atoms with Crippen LogP contribution in [-0.2, 0) is 0 Å². The molecule has 0 heterocycles. The van der Waals surface area contributed by atoms with Crippen LogP contribution in [0.25, 0.3) is 0 Å². The number of rotatable bonds is 8. The van der Waals surface area contributed by atoms with Gasteiger partial charge in [0.1, 0.15) is 0 Å². The molecule has 0 spiro atoms. The van der Waals surface area contributed by atoms with E-state index in [9.17, 15) is 13.6 Å². The maximum absolute atomic E-state index is 12.5. The van der Waals surface area contributed by atoms with Crippen molar-refractivity contribution in [2.75, 3.05) is 26.1 Å². The summed E-state index contributed by atoms with van der Waals surface area (Å²) in [6.45, 7) is -0.785. The van der Waals surface area contributed by atoms with Crippen molar-refractivity contribution in [2.24, 2.45) is 0 Å². The zero-order valence-corrected chi connectivity index (χ0v) is 14.5. The number of amides is 1. The third-order valence-electron chi connectivity index (χ3n) is 3.36. The Bertz CT molecular complexity index is 767. The third kappa shape index (κ3) is 4.75. The fourth-order valence-corrected chi connectivity index (χ4v) is 2.23. The van der Waals surface area contributed by atoms with Gasteiger partial charge in [0.15, 0.2) is 23.0 Å². The van der Waals surface area contributed by atoms with Crippen LogP contribution in [0.3, 0.4) is 0 Å². The molecule has 6 nitrogen and oxygen atoms in total. The molecule has 0 bridgehead atoms. The van der Waals surface area contributed by atoms with E-state index in [4.69, 9.17) is 14.2 Å². The molecule has 0 fully saturated rings. The van der Waals surface area contributed by atoms with Crippen molar-refractivity contribution in [3.8, 4) is 23.0 Å². The van der Waals surface area contributed by atoms with E-state index in [0.717, 1.165) is 0 Å². The highest BCUT2D eigenvalue weighted by Gasteiger charge is 2.15. The first-order valence-corrected chi connectivity index (χ1v) is 7.73. The van der Waals surface area contributed by atoms with E-state index < -0.39 is 12.5 Å². The number of anilines is 1. The molecule has 1 amide bonds. The first-order chi connectivity index (χ1) is 12.5. The van der Waals surface area contributed by atoms with E-state index in [-0.39, 0.29) is 17.2 Å². The van der Waals surface area contributed by atoms with Gasteiger partial charge in [0, 0.05) is 17.3 Å². The fourth-order valence-electron chi connectivity index (χ4n) is 2.23. The summed E-state index contributed by atoms with van der Waals surface area (Å²) >= 11 is 0. The Morgan fingerprint density at radius 1 is 1.00 bits per heavy atom. The van der Waals surface area contributed by atoms with Crippen LogP contribution in [0.4, 0.5) is 14.5 Å². The number of methoxy groups -OCH3 is 2. The van der Waals surface area contributed by atoms with Gasteiger partial charge in [0.05, 0.1) is 20.8 Å². The molecule has 0 atom stereocenters. The quantitative estimate of drug-likeness (QED) is 0.765. The Balaban J connectivity index is 2.22. The highest BCUT2D eigenvalue weighted by molar-refractivity contribution is 6.04. The van der Waals surface area contributed by atoms with Gasteiger partial charge in [-0.15, -0.1) is 0 Å². The normalized spacial score (nSPS) is 10.4. The first-order valence-electron chi connectivity index (χ1n) is 7.73. The molecule has 0 aromatic heterocycles. The summed E-state index contributed by atoms with van der Waals surface area (Å²) in [7, 11) is 2.83. The van der Waals surface area contributed by atoms with Crippen LogP contribution in [0.5, 0.6) is 23.0 Å². The number of halogens is 2. The number of alkyl halides is 2. The predicted molar refractivity (Wildman–Crippen MR) is 91.7 cm³/mol. The molecule has 0 aliphatic heterocycles. The van der Waals surface area contributed by atoms with Gasteiger partial charge in [-0.2, -0.15) is 8.78 Å². The third-order valence-corrected chi connectivity index (χ3v) is 3.36. The van der Waals surface area contributed by atoms with E-state index in [1.807, 2.05) is 6.92 Å². The Hall–Kier alpha value is -3.03. The molecular formula is C18H19F2NO5. The Kier molecular flexibility index (Phi) is 6.60. The van der Waals surface area contributed by atoms with Crippen LogP contribution in [0, 0.1) is 0 Å². The molecule has 2 rings (SSSR count). The lowest BCUT2D eigenvalue weighted by molar-refractivity contribution is -0.0511. The second-order valence-electron chi connectivity index (χ2n) is 5.00. The summed E-state index contributed by atoms with van der Waals surface area (Å²) in [6, 6.07) is 8.92. The molecule has 0 radical (unpaired) electrons.